The minimum atomic E-state index is 0. The normalized spacial score (nSPS) is 19.0. The number of aromatic nitrogens is 1. The molecule has 1 aliphatic carbocycles. The zero-order chi connectivity index (χ0) is 18.7. The first-order valence-electron chi connectivity index (χ1n) is 10.2. The van der Waals surface area contributed by atoms with Crippen LogP contribution in [0.15, 0.2) is 23.3 Å². The van der Waals surface area contributed by atoms with Crippen LogP contribution >= 0.6 is 24.0 Å². The lowest BCUT2D eigenvalue weighted by Crippen LogP contribution is -2.44. The number of hydrogen-bond acceptors (Lipinski definition) is 5. The van der Waals surface area contributed by atoms with E-state index >= 15 is 0 Å². The van der Waals surface area contributed by atoms with Crippen molar-refractivity contribution >= 4 is 29.9 Å². The van der Waals surface area contributed by atoms with Crippen LogP contribution in [0.25, 0.3) is 0 Å². The fraction of sp³-hybridized carbons (Fsp3) is 0.700. The van der Waals surface area contributed by atoms with Gasteiger partial charge >= 0.3 is 0 Å². The molecular formula is C20H34IN5O2. The van der Waals surface area contributed by atoms with E-state index in [9.17, 15) is 0 Å². The van der Waals surface area contributed by atoms with Gasteiger partial charge in [-0.2, -0.15) is 0 Å². The first-order chi connectivity index (χ1) is 13.3. The van der Waals surface area contributed by atoms with E-state index in [4.69, 9.17) is 9.47 Å². The van der Waals surface area contributed by atoms with Gasteiger partial charge in [-0.05, 0) is 37.3 Å². The predicted octanol–water partition coefficient (Wildman–Crippen LogP) is 2.41. The Hall–Kier alpha value is -1.13. The monoisotopic (exact) mass is 503 g/mol. The molecule has 0 bridgehead atoms. The summed E-state index contributed by atoms with van der Waals surface area (Å²) < 4.78 is 11.4. The molecule has 1 aliphatic heterocycles. The highest BCUT2D eigenvalue weighted by Crippen LogP contribution is 2.22. The average Bonchev–Trinajstić information content (AvgIpc) is 2.72. The van der Waals surface area contributed by atoms with Crippen LogP contribution < -0.4 is 15.4 Å². The Morgan fingerprint density at radius 1 is 1.25 bits per heavy atom. The van der Waals surface area contributed by atoms with Crippen molar-refractivity contribution in [3.8, 4) is 5.88 Å². The Balaban J connectivity index is 0.00000280. The minimum Gasteiger partial charge on any atom is -0.474 e. The fourth-order valence-electron chi connectivity index (χ4n) is 3.54. The Morgan fingerprint density at radius 2 is 2.04 bits per heavy atom. The molecule has 0 unspecified atom stereocenters. The molecule has 1 aromatic rings. The maximum atomic E-state index is 6.06. The SMILES string of the molecule is CN=C(NCCN1CCOCC1)NCc1ccnc(OC2CCCCC2)c1.I. The molecular weight excluding hydrogens is 469 g/mol. The number of ether oxygens (including phenoxy) is 2. The van der Waals surface area contributed by atoms with Gasteiger partial charge in [0, 0.05) is 52.0 Å². The van der Waals surface area contributed by atoms with Crippen molar-refractivity contribution in [2.45, 2.75) is 44.8 Å². The van der Waals surface area contributed by atoms with Gasteiger partial charge in [-0.25, -0.2) is 4.98 Å². The lowest BCUT2D eigenvalue weighted by atomic mass is 9.98. The van der Waals surface area contributed by atoms with Crippen LogP contribution in [0.1, 0.15) is 37.7 Å². The number of guanidine groups is 1. The van der Waals surface area contributed by atoms with Crippen LogP contribution in [0.4, 0.5) is 0 Å². The molecule has 2 fully saturated rings. The van der Waals surface area contributed by atoms with Crippen molar-refractivity contribution in [2.24, 2.45) is 4.99 Å². The molecule has 2 N–H and O–H groups in total. The number of rotatable bonds is 7. The highest BCUT2D eigenvalue weighted by Gasteiger charge is 2.15. The molecule has 158 valence electrons. The molecule has 0 atom stereocenters. The number of morpholine rings is 1. The lowest BCUT2D eigenvalue weighted by molar-refractivity contribution is 0.0389. The molecule has 1 saturated carbocycles. The van der Waals surface area contributed by atoms with Crippen LogP contribution in [0.3, 0.4) is 0 Å². The quantitative estimate of drug-likeness (QED) is 0.339. The second-order valence-corrected chi connectivity index (χ2v) is 7.19. The summed E-state index contributed by atoms with van der Waals surface area (Å²) in [4.78, 5) is 11.1. The number of aliphatic imine (C=N–C) groups is 1. The largest absolute Gasteiger partial charge is 0.474 e. The van der Waals surface area contributed by atoms with E-state index in [0.29, 0.717) is 12.6 Å². The zero-order valence-electron chi connectivity index (χ0n) is 16.9. The minimum absolute atomic E-state index is 0. The summed E-state index contributed by atoms with van der Waals surface area (Å²) in [5, 5.41) is 6.74. The molecule has 2 aliphatic rings. The number of hydrogen-bond donors (Lipinski definition) is 2. The first-order valence-corrected chi connectivity index (χ1v) is 10.2. The molecule has 0 amide bonds. The molecule has 0 spiro atoms. The van der Waals surface area contributed by atoms with Crippen LogP contribution in [0.2, 0.25) is 0 Å². The average molecular weight is 503 g/mol. The number of nitrogens with one attached hydrogen (secondary N) is 2. The third kappa shape index (κ3) is 8.08. The first kappa shape index (κ1) is 23.2. The van der Waals surface area contributed by atoms with E-state index in [0.717, 1.165) is 69.6 Å². The number of pyridine rings is 1. The van der Waals surface area contributed by atoms with Crippen molar-refractivity contribution < 1.29 is 9.47 Å². The lowest BCUT2D eigenvalue weighted by Gasteiger charge is -2.26. The standard InChI is InChI=1S/C20H33N5O2.HI/c1-21-20(23-9-10-25-11-13-26-14-12-25)24-16-17-7-8-22-19(15-17)27-18-5-3-2-4-6-18;/h7-8,15,18H,2-6,9-14,16H2,1H3,(H2,21,23,24);1H. The van der Waals surface area contributed by atoms with Gasteiger partial charge in [0.15, 0.2) is 5.96 Å². The summed E-state index contributed by atoms with van der Waals surface area (Å²) >= 11 is 0. The fourth-order valence-corrected chi connectivity index (χ4v) is 3.54. The van der Waals surface area contributed by atoms with Gasteiger partial charge in [0.05, 0.1) is 13.2 Å². The third-order valence-corrected chi connectivity index (χ3v) is 5.15. The van der Waals surface area contributed by atoms with E-state index in [1.54, 1.807) is 7.05 Å². The molecule has 1 aromatic heterocycles. The molecule has 28 heavy (non-hydrogen) atoms. The maximum absolute atomic E-state index is 6.06. The topological polar surface area (TPSA) is 71.0 Å². The zero-order valence-corrected chi connectivity index (χ0v) is 19.2. The summed E-state index contributed by atoms with van der Waals surface area (Å²) in [6.07, 6.45) is 8.28. The van der Waals surface area contributed by atoms with Crippen molar-refractivity contribution in [3.63, 3.8) is 0 Å². The van der Waals surface area contributed by atoms with Gasteiger partial charge in [-0.3, -0.25) is 9.89 Å². The molecule has 3 rings (SSSR count). The van der Waals surface area contributed by atoms with Crippen molar-refractivity contribution in [3.05, 3.63) is 23.9 Å². The van der Waals surface area contributed by atoms with Gasteiger partial charge in [0.25, 0.3) is 0 Å². The number of halogens is 1. The molecule has 2 heterocycles. The number of nitrogens with zero attached hydrogens (tertiary/aromatic N) is 3. The molecule has 7 nitrogen and oxygen atoms in total. The summed E-state index contributed by atoms with van der Waals surface area (Å²) in [6, 6.07) is 4.05. The second kappa shape index (κ2) is 13.2. The Morgan fingerprint density at radius 3 is 2.79 bits per heavy atom. The van der Waals surface area contributed by atoms with Crippen LogP contribution in [-0.2, 0) is 11.3 Å². The summed E-state index contributed by atoms with van der Waals surface area (Å²) in [5.74, 6) is 1.55. The van der Waals surface area contributed by atoms with E-state index in [2.05, 4.69) is 25.5 Å². The van der Waals surface area contributed by atoms with Gasteiger partial charge in [-0.1, -0.05) is 6.42 Å². The highest BCUT2D eigenvalue weighted by atomic mass is 127. The van der Waals surface area contributed by atoms with Gasteiger partial charge < -0.3 is 20.1 Å². The van der Waals surface area contributed by atoms with E-state index in [-0.39, 0.29) is 24.0 Å². The Labute approximate surface area is 185 Å². The van der Waals surface area contributed by atoms with Crippen LogP contribution in [0.5, 0.6) is 5.88 Å². The van der Waals surface area contributed by atoms with Crippen LogP contribution in [0, 0.1) is 0 Å². The summed E-state index contributed by atoms with van der Waals surface area (Å²) in [6.45, 7) is 6.25. The van der Waals surface area contributed by atoms with Gasteiger partial charge in [0.2, 0.25) is 5.88 Å². The van der Waals surface area contributed by atoms with E-state index in [1.165, 1.54) is 19.3 Å². The summed E-state index contributed by atoms with van der Waals surface area (Å²) in [5.41, 5.74) is 1.15. The van der Waals surface area contributed by atoms with Gasteiger partial charge in [0.1, 0.15) is 6.10 Å². The Kier molecular flexibility index (Phi) is 10.9. The second-order valence-electron chi connectivity index (χ2n) is 7.19. The highest BCUT2D eigenvalue weighted by molar-refractivity contribution is 14.0. The smallest absolute Gasteiger partial charge is 0.213 e. The molecule has 0 aromatic carbocycles. The van der Waals surface area contributed by atoms with Crippen LogP contribution in [-0.4, -0.2) is 68.4 Å². The predicted molar refractivity (Wildman–Crippen MR) is 123 cm³/mol. The Bertz CT molecular complexity index is 590. The van der Waals surface area contributed by atoms with E-state index < -0.39 is 0 Å². The molecule has 0 radical (unpaired) electrons. The van der Waals surface area contributed by atoms with Crippen molar-refractivity contribution in [2.75, 3.05) is 46.4 Å². The van der Waals surface area contributed by atoms with Gasteiger partial charge in [-0.15, -0.1) is 24.0 Å². The third-order valence-electron chi connectivity index (χ3n) is 5.15. The summed E-state index contributed by atoms with van der Waals surface area (Å²) in [7, 11) is 1.80. The molecule has 1 saturated heterocycles. The molecule has 8 heteroatoms. The van der Waals surface area contributed by atoms with Crippen molar-refractivity contribution in [1.82, 2.24) is 20.5 Å². The maximum Gasteiger partial charge on any atom is 0.213 e. The van der Waals surface area contributed by atoms with E-state index in [1.807, 2.05) is 18.3 Å². The van der Waals surface area contributed by atoms with Crippen molar-refractivity contribution in [1.29, 1.82) is 0 Å².